The summed E-state index contributed by atoms with van der Waals surface area (Å²) in [6, 6.07) is 0. The Balaban J connectivity index is 0. The SMILES string of the molecule is CCCCCCCCCCCCC(C(O)CC)S(=O)(=O)[O-].[Na+]. The maximum Gasteiger partial charge on any atom is 1.00 e. The van der Waals surface area contributed by atoms with E-state index in [0.29, 0.717) is 12.8 Å². The third kappa shape index (κ3) is 13.3. The van der Waals surface area contributed by atoms with Crippen LogP contribution in [-0.4, -0.2) is 29.4 Å². The molecule has 2 unspecified atom stereocenters. The van der Waals surface area contributed by atoms with E-state index in [1.165, 1.54) is 44.9 Å². The first-order chi connectivity index (χ1) is 9.93. The Kier molecular flexibility index (Phi) is 17.6. The second-order valence-corrected chi connectivity index (χ2v) is 7.57. The summed E-state index contributed by atoms with van der Waals surface area (Å²) in [5.41, 5.74) is 0. The van der Waals surface area contributed by atoms with Gasteiger partial charge in [-0.05, 0) is 12.8 Å². The number of rotatable bonds is 14. The molecule has 0 saturated heterocycles. The second-order valence-electron chi connectivity index (χ2n) is 5.98. The predicted molar refractivity (Wildman–Crippen MR) is 86.2 cm³/mol. The van der Waals surface area contributed by atoms with E-state index in [4.69, 9.17) is 0 Å². The van der Waals surface area contributed by atoms with Crippen molar-refractivity contribution in [2.24, 2.45) is 0 Å². The van der Waals surface area contributed by atoms with E-state index in [0.717, 1.165) is 12.8 Å². The Morgan fingerprint density at radius 1 is 0.864 bits per heavy atom. The van der Waals surface area contributed by atoms with Gasteiger partial charge in [-0.1, -0.05) is 78.1 Å². The van der Waals surface area contributed by atoms with Crippen LogP contribution in [0, 0.1) is 0 Å². The molecule has 22 heavy (non-hydrogen) atoms. The van der Waals surface area contributed by atoms with E-state index in [9.17, 15) is 18.1 Å². The topological polar surface area (TPSA) is 77.4 Å². The van der Waals surface area contributed by atoms with E-state index in [2.05, 4.69) is 6.92 Å². The van der Waals surface area contributed by atoms with Crippen LogP contribution in [0.15, 0.2) is 0 Å². The minimum absolute atomic E-state index is 0. The number of hydrogen-bond donors (Lipinski definition) is 1. The Bertz CT molecular complexity index is 333. The minimum atomic E-state index is -4.39. The fourth-order valence-electron chi connectivity index (χ4n) is 2.62. The molecule has 0 radical (unpaired) electrons. The van der Waals surface area contributed by atoms with Crippen molar-refractivity contribution in [2.45, 2.75) is 102 Å². The van der Waals surface area contributed by atoms with Crippen LogP contribution >= 0.6 is 0 Å². The van der Waals surface area contributed by atoms with Gasteiger partial charge in [0.25, 0.3) is 0 Å². The molecule has 0 heterocycles. The smallest absolute Gasteiger partial charge is 0.748 e. The quantitative estimate of drug-likeness (QED) is 0.290. The zero-order chi connectivity index (χ0) is 16.1. The first-order valence-corrected chi connectivity index (χ1v) is 10.0. The molecule has 2 atom stereocenters. The maximum absolute atomic E-state index is 11.1. The summed E-state index contributed by atoms with van der Waals surface area (Å²) in [5.74, 6) is 0. The van der Waals surface area contributed by atoms with E-state index >= 15 is 0 Å². The second kappa shape index (κ2) is 15.4. The fourth-order valence-corrected chi connectivity index (χ4v) is 3.66. The average molecular weight is 344 g/mol. The molecule has 0 aliphatic rings. The first-order valence-electron chi connectivity index (χ1n) is 8.56. The molecule has 4 nitrogen and oxygen atoms in total. The Hall–Kier alpha value is 0.870. The molecule has 0 saturated carbocycles. The van der Waals surface area contributed by atoms with Gasteiger partial charge in [0.2, 0.25) is 0 Å². The van der Waals surface area contributed by atoms with Crippen molar-refractivity contribution in [1.82, 2.24) is 0 Å². The van der Waals surface area contributed by atoms with Crippen LogP contribution in [-0.2, 0) is 10.1 Å². The van der Waals surface area contributed by atoms with Gasteiger partial charge < -0.3 is 9.66 Å². The minimum Gasteiger partial charge on any atom is -0.748 e. The summed E-state index contributed by atoms with van der Waals surface area (Å²) >= 11 is 0. The van der Waals surface area contributed by atoms with Crippen molar-refractivity contribution in [1.29, 1.82) is 0 Å². The molecule has 1 N–H and O–H groups in total. The molecular weight excluding hydrogens is 311 g/mol. The zero-order valence-corrected chi connectivity index (χ0v) is 17.5. The van der Waals surface area contributed by atoms with Crippen molar-refractivity contribution >= 4 is 10.1 Å². The van der Waals surface area contributed by atoms with Crippen molar-refractivity contribution in [3.63, 3.8) is 0 Å². The number of unbranched alkanes of at least 4 members (excludes halogenated alkanes) is 9. The first kappa shape index (κ1) is 25.1. The van der Waals surface area contributed by atoms with E-state index in [-0.39, 0.29) is 36.0 Å². The van der Waals surface area contributed by atoms with Crippen LogP contribution in [0.3, 0.4) is 0 Å². The predicted octanol–water partition coefficient (Wildman–Crippen LogP) is 0.986. The molecule has 0 amide bonds. The van der Waals surface area contributed by atoms with Gasteiger partial charge in [-0.15, -0.1) is 0 Å². The molecule has 0 aliphatic heterocycles. The van der Waals surface area contributed by atoms with Gasteiger partial charge in [0, 0.05) is 0 Å². The maximum atomic E-state index is 11.1. The van der Waals surface area contributed by atoms with Gasteiger partial charge in [0.05, 0.1) is 11.4 Å². The Morgan fingerprint density at radius 3 is 1.64 bits per heavy atom. The van der Waals surface area contributed by atoms with E-state index in [1.807, 2.05) is 0 Å². The van der Waals surface area contributed by atoms with Gasteiger partial charge in [0.15, 0.2) is 0 Å². The van der Waals surface area contributed by atoms with Crippen molar-refractivity contribution < 1.29 is 47.6 Å². The number of aliphatic hydroxyl groups excluding tert-OH is 1. The summed E-state index contributed by atoms with van der Waals surface area (Å²) < 4.78 is 33.3. The number of aliphatic hydroxyl groups is 1. The van der Waals surface area contributed by atoms with E-state index in [1.54, 1.807) is 6.92 Å². The van der Waals surface area contributed by atoms with Crippen molar-refractivity contribution in [3.05, 3.63) is 0 Å². The van der Waals surface area contributed by atoms with Crippen LogP contribution in [0.1, 0.15) is 90.9 Å². The van der Waals surface area contributed by atoms with Gasteiger partial charge in [-0.2, -0.15) is 0 Å². The fraction of sp³-hybridized carbons (Fsp3) is 1.00. The van der Waals surface area contributed by atoms with Gasteiger partial charge in [-0.3, -0.25) is 0 Å². The standard InChI is InChI=1S/C16H34O4S.Na/c1-3-5-6-7-8-9-10-11-12-13-14-16(15(17)4-2)21(18,19)20;/h15-17H,3-14H2,1-2H3,(H,18,19,20);/q;+1/p-1. The van der Waals surface area contributed by atoms with Gasteiger partial charge in [-0.25, -0.2) is 8.42 Å². The molecule has 0 aromatic carbocycles. The average Bonchev–Trinajstić information content (AvgIpc) is 2.42. The molecule has 0 aliphatic carbocycles. The third-order valence-electron chi connectivity index (χ3n) is 4.06. The summed E-state index contributed by atoms with van der Waals surface area (Å²) in [7, 11) is -4.39. The Morgan fingerprint density at radius 2 is 1.27 bits per heavy atom. The molecule has 0 bridgehead atoms. The normalized spacial score (nSPS) is 14.4. The van der Waals surface area contributed by atoms with Crippen molar-refractivity contribution in [2.75, 3.05) is 0 Å². The van der Waals surface area contributed by atoms with Crippen molar-refractivity contribution in [3.8, 4) is 0 Å². The van der Waals surface area contributed by atoms with Crippen LogP contribution in [0.4, 0.5) is 0 Å². The third-order valence-corrected chi connectivity index (χ3v) is 5.35. The molecule has 128 valence electrons. The van der Waals surface area contributed by atoms with Gasteiger partial charge >= 0.3 is 29.6 Å². The van der Waals surface area contributed by atoms with Crippen LogP contribution in [0.25, 0.3) is 0 Å². The molecule has 0 spiro atoms. The Labute approximate surface area is 159 Å². The molecule has 0 aromatic heterocycles. The molecule has 0 rings (SSSR count). The summed E-state index contributed by atoms with van der Waals surface area (Å²) in [4.78, 5) is 0. The molecule has 0 fully saturated rings. The molecule has 6 heteroatoms. The van der Waals surface area contributed by atoms with Crippen LogP contribution in [0.2, 0.25) is 0 Å². The monoisotopic (exact) mass is 344 g/mol. The zero-order valence-electron chi connectivity index (χ0n) is 14.7. The summed E-state index contributed by atoms with van der Waals surface area (Å²) in [6.07, 6.45) is 11.2. The van der Waals surface area contributed by atoms with Gasteiger partial charge in [0.1, 0.15) is 10.1 Å². The summed E-state index contributed by atoms with van der Waals surface area (Å²) in [5, 5.41) is 8.49. The molecule has 0 aromatic rings. The van der Waals surface area contributed by atoms with Crippen LogP contribution < -0.4 is 29.6 Å². The van der Waals surface area contributed by atoms with E-state index < -0.39 is 21.5 Å². The molecular formula is C16H33NaO4S. The van der Waals surface area contributed by atoms with Crippen LogP contribution in [0.5, 0.6) is 0 Å². The number of hydrogen-bond acceptors (Lipinski definition) is 4. The summed E-state index contributed by atoms with van der Waals surface area (Å²) in [6.45, 7) is 3.91. The largest absolute Gasteiger partial charge is 1.00 e.